The lowest BCUT2D eigenvalue weighted by molar-refractivity contribution is -0.117. The molecule has 0 atom stereocenters. The van der Waals surface area contributed by atoms with Gasteiger partial charge >= 0.3 is 0 Å². The third-order valence-corrected chi connectivity index (χ3v) is 5.49. The first-order chi connectivity index (χ1) is 10.2. The third kappa shape index (κ3) is 4.26. The first kappa shape index (κ1) is 14.5. The standard InChI is InChI=1S/C12H12N4O2S3/c17-9(14-10(18)8-2-1-5-19-8)6-20-12-16-15-11(21-12)13-7-3-4-7/h1-2,5,7H,3-4,6H2,(H,13,15)(H,14,17,18). The van der Waals surface area contributed by atoms with E-state index in [0.29, 0.717) is 10.9 Å². The van der Waals surface area contributed by atoms with Crippen LogP contribution >= 0.6 is 34.4 Å². The van der Waals surface area contributed by atoms with Gasteiger partial charge in [-0.15, -0.1) is 21.5 Å². The van der Waals surface area contributed by atoms with Crippen LogP contribution in [0.4, 0.5) is 5.13 Å². The van der Waals surface area contributed by atoms with Gasteiger partial charge in [0.15, 0.2) is 4.34 Å². The van der Waals surface area contributed by atoms with Crippen molar-refractivity contribution in [1.82, 2.24) is 15.5 Å². The molecule has 3 rings (SSSR count). The fourth-order valence-corrected chi connectivity index (χ4v) is 3.74. The molecule has 0 spiro atoms. The Morgan fingerprint density at radius 1 is 1.38 bits per heavy atom. The average Bonchev–Trinajstić information content (AvgIpc) is 2.95. The van der Waals surface area contributed by atoms with E-state index in [1.54, 1.807) is 17.5 Å². The second kappa shape index (κ2) is 6.54. The van der Waals surface area contributed by atoms with Crippen molar-refractivity contribution >= 4 is 51.4 Å². The van der Waals surface area contributed by atoms with Crippen LogP contribution < -0.4 is 10.6 Å². The Labute approximate surface area is 133 Å². The molecule has 2 aromatic heterocycles. The number of hydrogen-bond donors (Lipinski definition) is 2. The fraction of sp³-hybridized carbons (Fsp3) is 0.333. The number of imide groups is 1. The predicted octanol–water partition coefficient (Wildman–Crippen LogP) is 2.22. The summed E-state index contributed by atoms with van der Waals surface area (Å²) in [6.07, 6.45) is 2.35. The molecule has 1 aliphatic rings. The minimum atomic E-state index is -0.357. The van der Waals surface area contributed by atoms with E-state index in [1.807, 2.05) is 0 Å². The molecule has 2 aromatic rings. The molecule has 0 saturated heterocycles. The minimum Gasteiger partial charge on any atom is -0.357 e. The van der Waals surface area contributed by atoms with Crippen molar-refractivity contribution in [3.05, 3.63) is 22.4 Å². The number of nitrogens with zero attached hydrogens (tertiary/aromatic N) is 2. The van der Waals surface area contributed by atoms with Crippen molar-refractivity contribution in [3.8, 4) is 0 Å². The van der Waals surface area contributed by atoms with Gasteiger partial charge in [-0.1, -0.05) is 29.2 Å². The number of carbonyl (C=O) groups excluding carboxylic acids is 2. The Hall–Kier alpha value is -1.45. The molecule has 0 bridgehead atoms. The van der Waals surface area contributed by atoms with Crippen LogP contribution in [0.15, 0.2) is 21.9 Å². The highest BCUT2D eigenvalue weighted by Gasteiger charge is 2.22. The van der Waals surface area contributed by atoms with Gasteiger partial charge in [-0.3, -0.25) is 14.9 Å². The SMILES string of the molecule is O=C(CSc1nnc(NC2CC2)s1)NC(=O)c1cccs1. The normalized spacial score (nSPS) is 13.9. The third-order valence-electron chi connectivity index (χ3n) is 2.64. The molecular formula is C12H12N4O2S3. The molecule has 0 radical (unpaired) electrons. The number of thiophene rings is 1. The van der Waals surface area contributed by atoms with Gasteiger partial charge in [0.25, 0.3) is 5.91 Å². The van der Waals surface area contributed by atoms with Crippen LogP contribution in [0, 0.1) is 0 Å². The molecule has 110 valence electrons. The number of aromatic nitrogens is 2. The number of carbonyl (C=O) groups is 2. The Kier molecular flexibility index (Phi) is 4.51. The zero-order valence-electron chi connectivity index (χ0n) is 10.9. The molecule has 1 fully saturated rings. The van der Waals surface area contributed by atoms with Crippen LogP contribution in [0.2, 0.25) is 0 Å². The van der Waals surface area contributed by atoms with Crippen molar-refractivity contribution in [3.63, 3.8) is 0 Å². The van der Waals surface area contributed by atoms with Gasteiger partial charge in [0.2, 0.25) is 11.0 Å². The van der Waals surface area contributed by atoms with E-state index in [4.69, 9.17) is 0 Å². The highest BCUT2D eigenvalue weighted by Crippen LogP contribution is 2.30. The zero-order chi connectivity index (χ0) is 14.7. The predicted molar refractivity (Wildman–Crippen MR) is 84.1 cm³/mol. The minimum absolute atomic E-state index is 0.148. The smallest absolute Gasteiger partial charge is 0.267 e. The number of anilines is 1. The lowest BCUT2D eigenvalue weighted by atomic mass is 10.4. The van der Waals surface area contributed by atoms with Crippen LogP contribution in [0.3, 0.4) is 0 Å². The molecule has 21 heavy (non-hydrogen) atoms. The Morgan fingerprint density at radius 3 is 2.95 bits per heavy atom. The van der Waals surface area contributed by atoms with Crippen molar-refractivity contribution in [2.45, 2.75) is 23.2 Å². The highest BCUT2D eigenvalue weighted by molar-refractivity contribution is 8.01. The maximum atomic E-state index is 11.7. The average molecular weight is 340 g/mol. The largest absolute Gasteiger partial charge is 0.357 e. The molecule has 1 aliphatic carbocycles. The van der Waals surface area contributed by atoms with E-state index in [9.17, 15) is 9.59 Å². The summed E-state index contributed by atoms with van der Waals surface area (Å²) in [4.78, 5) is 23.9. The number of thioether (sulfide) groups is 1. The van der Waals surface area contributed by atoms with Gasteiger partial charge in [0.05, 0.1) is 10.6 Å². The van der Waals surface area contributed by atoms with Crippen LogP contribution in [0.1, 0.15) is 22.5 Å². The van der Waals surface area contributed by atoms with Crippen molar-refractivity contribution in [1.29, 1.82) is 0 Å². The van der Waals surface area contributed by atoms with Gasteiger partial charge in [0.1, 0.15) is 0 Å². The second-order valence-electron chi connectivity index (χ2n) is 4.44. The summed E-state index contributed by atoms with van der Waals surface area (Å²) >= 11 is 4.01. The summed E-state index contributed by atoms with van der Waals surface area (Å²) in [5, 5.41) is 16.2. The maximum absolute atomic E-state index is 11.7. The van der Waals surface area contributed by atoms with E-state index >= 15 is 0 Å². The lowest BCUT2D eigenvalue weighted by Crippen LogP contribution is -2.31. The summed E-state index contributed by atoms with van der Waals surface area (Å²) in [6.45, 7) is 0. The van der Waals surface area contributed by atoms with Crippen LogP contribution in [0.5, 0.6) is 0 Å². The summed E-state index contributed by atoms with van der Waals surface area (Å²) in [5.41, 5.74) is 0. The number of rotatable bonds is 6. The molecule has 9 heteroatoms. The Balaban J connectivity index is 1.44. The summed E-state index contributed by atoms with van der Waals surface area (Å²) in [5.74, 6) is -0.538. The van der Waals surface area contributed by atoms with Crippen molar-refractivity contribution in [2.24, 2.45) is 0 Å². The molecular weight excluding hydrogens is 328 g/mol. The van der Waals surface area contributed by atoms with Gasteiger partial charge in [0, 0.05) is 6.04 Å². The quantitative estimate of drug-likeness (QED) is 0.785. The molecule has 2 amide bonds. The number of amides is 2. The molecule has 2 heterocycles. The Bertz CT molecular complexity index is 637. The molecule has 0 aromatic carbocycles. The summed E-state index contributed by atoms with van der Waals surface area (Å²) < 4.78 is 0.719. The van der Waals surface area contributed by atoms with Gasteiger partial charge in [-0.25, -0.2) is 0 Å². The summed E-state index contributed by atoms with van der Waals surface area (Å²) in [7, 11) is 0. The lowest BCUT2D eigenvalue weighted by Gasteiger charge is -2.00. The molecule has 2 N–H and O–H groups in total. The van der Waals surface area contributed by atoms with Crippen molar-refractivity contribution < 1.29 is 9.59 Å². The van der Waals surface area contributed by atoms with Gasteiger partial charge in [-0.2, -0.15) is 0 Å². The van der Waals surface area contributed by atoms with E-state index in [2.05, 4.69) is 20.8 Å². The zero-order valence-corrected chi connectivity index (χ0v) is 13.3. The Morgan fingerprint density at radius 2 is 2.24 bits per heavy atom. The maximum Gasteiger partial charge on any atom is 0.267 e. The topological polar surface area (TPSA) is 84.0 Å². The number of hydrogen-bond acceptors (Lipinski definition) is 8. The second-order valence-corrected chi connectivity index (χ2v) is 7.58. The first-order valence-corrected chi connectivity index (χ1v) is 8.99. The van der Waals surface area contributed by atoms with E-state index < -0.39 is 0 Å². The van der Waals surface area contributed by atoms with Crippen LogP contribution in [0.25, 0.3) is 0 Å². The van der Waals surface area contributed by atoms with E-state index in [-0.39, 0.29) is 17.6 Å². The van der Waals surface area contributed by atoms with E-state index in [0.717, 1.165) is 9.47 Å². The monoisotopic (exact) mass is 340 g/mol. The summed E-state index contributed by atoms with van der Waals surface area (Å²) in [6, 6.07) is 3.98. The van der Waals surface area contributed by atoms with Gasteiger partial charge < -0.3 is 5.32 Å². The number of nitrogens with one attached hydrogen (secondary N) is 2. The van der Waals surface area contributed by atoms with E-state index in [1.165, 1.54) is 47.3 Å². The molecule has 1 saturated carbocycles. The first-order valence-electron chi connectivity index (χ1n) is 6.31. The fourth-order valence-electron chi connectivity index (χ4n) is 1.49. The molecule has 0 aliphatic heterocycles. The van der Waals surface area contributed by atoms with Gasteiger partial charge in [-0.05, 0) is 24.3 Å². The molecule has 6 nitrogen and oxygen atoms in total. The van der Waals surface area contributed by atoms with Crippen molar-refractivity contribution in [2.75, 3.05) is 11.1 Å². The van der Waals surface area contributed by atoms with Crippen LogP contribution in [-0.2, 0) is 4.79 Å². The highest BCUT2D eigenvalue weighted by atomic mass is 32.2. The molecule has 0 unspecified atom stereocenters. The van der Waals surface area contributed by atoms with Crippen LogP contribution in [-0.4, -0.2) is 33.8 Å².